The lowest BCUT2D eigenvalue weighted by Gasteiger charge is -2.16. The molecule has 0 unspecified atom stereocenters. The maximum atomic E-state index is 11.6. The molecule has 3 aromatic rings. The summed E-state index contributed by atoms with van der Waals surface area (Å²) < 4.78 is 11.1. The summed E-state index contributed by atoms with van der Waals surface area (Å²) in [5, 5.41) is 2.07. The van der Waals surface area contributed by atoms with Crippen LogP contribution in [0.5, 0.6) is 0 Å². The molecule has 0 aliphatic carbocycles. The Morgan fingerprint density at radius 3 is 2.35 bits per heavy atom. The molecule has 0 aliphatic heterocycles. The number of hydrogen-bond acceptors (Lipinski definition) is 3. The van der Waals surface area contributed by atoms with Gasteiger partial charge in [-0.15, -0.1) is 0 Å². The van der Waals surface area contributed by atoms with Crippen molar-refractivity contribution < 1.29 is 8.83 Å². The number of furan rings is 1. The first-order chi connectivity index (χ1) is 9.29. The molecule has 0 amide bonds. The Hall–Kier alpha value is -2.03. The van der Waals surface area contributed by atoms with Gasteiger partial charge in [0.1, 0.15) is 11.2 Å². The van der Waals surface area contributed by atoms with Crippen LogP contribution in [0, 0.1) is 13.8 Å². The van der Waals surface area contributed by atoms with Crippen LogP contribution < -0.4 is 5.63 Å². The number of hydrogen-bond donors (Lipinski definition) is 0. The van der Waals surface area contributed by atoms with Gasteiger partial charge in [-0.2, -0.15) is 0 Å². The molecule has 20 heavy (non-hydrogen) atoms. The topological polar surface area (TPSA) is 43.4 Å². The van der Waals surface area contributed by atoms with Gasteiger partial charge in [-0.1, -0.05) is 20.8 Å². The molecule has 104 valence electrons. The van der Waals surface area contributed by atoms with E-state index in [2.05, 4.69) is 26.8 Å². The molecule has 0 saturated carbocycles. The fourth-order valence-corrected chi connectivity index (χ4v) is 2.71. The van der Waals surface area contributed by atoms with Crippen LogP contribution in [0.1, 0.15) is 37.5 Å². The van der Waals surface area contributed by atoms with E-state index in [1.165, 1.54) is 11.6 Å². The number of benzene rings is 1. The van der Waals surface area contributed by atoms with Crippen LogP contribution in [0.15, 0.2) is 32.0 Å². The van der Waals surface area contributed by atoms with E-state index < -0.39 is 0 Å². The third-order valence-electron chi connectivity index (χ3n) is 3.81. The Balaban J connectivity index is 2.53. The summed E-state index contributed by atoms with van der Waals surface area (Å²) in [6, 6.07) is 3.60. The molecule has 0 atom stereocenters. The lowest BCUT2D eigenvalue weighted by atomic mass is 9.86. The van der Waals surface area contributed by atoms with E-state index in [0.29, 0.717) is 5.58 Å². The van der Waals surface area contributed by atoms with Gasteiger partial charge in [-0.3, -0.25) is 0 Å². The van der Waals surface area contributed by atoms with Crippen LogP contribution >= 0.6 is 0 Å². The predicted molar refractivity (Wildman–Crippen MR) is 80.4 cm³/mol. The molecule has 0 N–H and O–H groups in total. The summed E-state index contributed by atoms with van der Waals surface area (Å²) in [4.78, 5) is 11.6. The van der Waals surface area contributed by atoms with Crippen molar-refractivity contribution >= 4 is 21.9 Å². The molecule has 0 saturated heterocycles. The van der Waals surface area contributed by atoms with E-state index in [1.54, 1.807) is 0 Å². The monoisotopic (exact) mass is 270 g/mol. The maximum absolute atomic E-state index is 11.6. The summed E-state index contributed by atoms with van der Waals surface area (Å²) in [7, 11) is 0. The van der Waals surface area contributed by atoms with Crippen molar-refractivity contribution in [3.63, 3.8) is 0 Å². The zero-order chi connectivity index (χ0) is 14.7. The fraction of sp³-hybridized carbons (Fsp3) is 0.353. The van der Waals surface area contributed by atoms with E-state index in [1.807, 2.05) is 20.1 Å². The van der Waals surface area contributed by atoms with E-state index in [-0.39, 0.29) is 11.0 Å². The zero-order valence-corrected chi connectivity index (χ0v) is 12.5. The third kappa shape index (κ3) is 1.77. The molecule has 3 heteroatoms. The SMILES string of the molecule is Cc1cc(=O)oc2c(C)c3occ(C(C)(C)C)c3cc12. The Bertz CT molecular complexity index is 873. The average molecular weight is 270 g/mol. The summed E-state index contributed by atoms with van der Waals surface area (Å²) in [5.74, 6) is 0. The van der Waals surface area contributed by atoms with Gasteiger partial charge in [0.2, 0.25) is 0 Å². The Kier molecular flexibility index (Phi) is 2.58. The molecule has 3 rings (SSSR count). The molecule has 0 bridgehead atoms. The number of aryl methyl sites for hydroxylation is 2. The highest BCUT2D eigenvalue weighted by Gasteiger charge is 2.22. The summed E-state index contributed by atoms with van der Waals surface area (Å²) in [5.41, 5.74) is 4.10. The van der Waals surface area contributed by atoms with Crippen LogP contribution in [0.25, 0.3) is 21.9 Å². The first-order valence-corrected chi connectivity index (χ1v) is 6.75. The standard InChI is InChI=1S/C17H18O3/c1-9-6-14(18)20-16-10(2)15-12(7-11(9)16)13(8-19-15)17(3,4)5/h6-8H,1-5H3. The molecule has 0 aliphatic rings. The minimum Gasteiger partial charge on any atom is -0.464 e. The first kappa shape index (κ1) is 13.0. The summed E-state index contributed by atoms with van der Waals surface area (Å²) in [6.45, 7) is 10.3. The fourth-order valence-electron chi connectivity index (χ4n) is 2.71. The third-order valence-corrected chi connectivity index (χ3v) is 3.81. The summed E-state index contributed by atoms with van der Waals surface area (Å²) >= 11 is 0. The highest BCUT2D eigenvalue weighted by Crippen LogP contribution is 2.36. The van der Waals surface area contributed by atoms with Crippen LogP contribution in [0.2, 0.25) is 0 Å². The Morgan fingerprint density at radius 1 is 1.00 bits per heavy atom. The number of rotatable bonds is 0. The van der Waals surface area contributed by atoms with Crippen molar-refractivity contribution in [2.75, 3.05) is 0 Å². The van der Waals surface area contributed by atoms with Gasteiger partial charge in [0, 0.05) is 28.0 Å². The maximum Gasteiger partial charge on any atom is 0.336 e. The first-order valence-electron chi connectivity index (χ1n) is 6.75. The van der Waals surface area contributed by atoms with Gasteiger partial charge in [0.25, 0.3) is 0 Å². The molecule has 1 aromatic carbocycles. The molecule has 0 spiro atoms. The molecule has 2 heterocycles. The molecule has 0 radical (unpaired) electrons. The van der Waals surface area contributed by atoms with E-state index in [0.717, 1.165) is 27.5 Å². The summed E-state index contributed by atoms with van der Waals surface area (Å²) in [6.07, 6.45) is 1.81. The smallest absolute Gasteiger partial charge is 0.336 e. The van der Waals surface area contributed by atoms with Gasteiger partial charge in [-0.05, 0) is 30.9 Å². The minimum atomic E-state index is -0.319. The molecule has 3 nitrogen and oxygen atoms in total. The van der Waals surface area contributed by atoms with Crippen LogP contribution in [-0.2, 0) is 5.41 Å². The molecular weight excluding hydrogens is 252 g/mol. The van der Waals surface area contributed by atoms with Crippen LogP contribution in [0.3, 0.4) is 0 Å². The van der Waals surface area contributed by atoms with E-state index in [4.69, 9.17) is 8.83 Å². The molecular formula is C17H18O3. The average Bonchev–Trinajstić information content (AvgIpc) is 2.74. The quantitative estimate of drug-likeness (QED) is 0.567. The van der Waals surface area contributed by atoms with E-state index >= 15 is 0 Å². The minimum absolute atomic E-state index is 0.00882. The second-order valence-corrected chi connectivity index (χ2v) is 6.40. The van der Waals surface area contributed by atoms with Crippen molar-refractivity contribution in [2.45, 2.75) is 40.0 Å². The second-order valence-electron chi connectivity index (χ2n) is 6.40. The highest BCUT2D eigenvalue weighted by molar-refractivity contribution is 5.99. The number of fused-ring (bicyclic) bond motifs is 2. The Morgan fingerprint density at radius 2 is 1.70 bits per heavy atom. The van der Waals surface area contributed by atoms with Crippen molar-refractivity contribution in [1.29, 1.82) is 0 Å². The van der Waals surface area contributed by atoms with Crippen molar-refractivity contribution in [3.8, 4) is 0 Å². The zero-order valence-electron chi connectivity index (χ0n) is 12.5. The largest absolute Gasteiger partial charge is 0.464 e. The van der Waals surface area contributed by atoms with Crippen LogP contribution in [-0.4, -0.2) is 0 Å². The second kappa shape index (κ2) is 3.98. The van der Waals surface area contributed by atoms with Gasteiger partial charge in [0.05, 0.1) is 6.26 Å². The van der Waals surface area contributed by atoms with Gasteiger partial charge in [0.15, 0.2) is 0 Å². The predicted octanol–water partition coefficient (Wildman–Crippen LogP) is 4.45. The van der Waals surface area contributed by atoms with Gasteiger partial charge in [-0.25, -0.2) is 4.79 Å². The van der Waals surface area contributed by atoms with Gasteiger partial charge < -0.3 is 8.83 Å². The highest BCUT2D eigenvalue weighted by atomic mass is 16.4. The van der Waals surface area contributed by atoms with Crippen molar-refractivity contribution in [1.82, 2.24) is 0 Å². The lowest BCUT2D eigenvalue weighted by molar-refractivity contribution is 0.550. The Labute approximate surface area is 117 Å². The lowest BCUT2D eigenvalue weighted by Crippen LogP contribution is -2.10. The van der Waals surface area contributed by atoms with Gasteiger partial charge >= 0.3 is 5.63 Å². The molecule has 2 aromatic heterocycles. The van der Waals surface area contributed by atoms with E-state index in [9.17, 15) is 4.79 Å². The molecule has 0 fully saturated rings. The normalized spacial score (nSPS) is 12.4. The van der Waals surface area contributed by atoms with Crippen molar-refractivity contribution in [2.24, 2.45) is 0 Å². The van der Waals surface area contributed by atoms with Crippen LogP contribution in [0.4, 0.5) is 0 Å². The van der Waals surface area contributed by atoms with Crippen molar-refractivity contribution in [3.05, 3.63) is 45.5 Å².